The molecule has 0 aromatic heterocycles. The number of rotatable bonds is 0. The number of alkyl halides is 1. The van der Waals surface area contributed by atoms with E-state index in [9.17, 15) is 0 Å². The second-order valence-corrected chi connectivity index (χ2v) is 5.80. The van der Waals surface area contributed by atoms with E-state index in [4.69, 9.17) is 11.6 Å². The maximum Gasteiger partial charge on any atom is 0.0339 e. The Morgan fingerprint density at radius 2 is 1.57 bits per heavy atom. The molecule has 0 aromatic carbocycles. The maximum atomic E-state index is 6.14. The van der Waals surface area contributed by atoms with Crippen LogP contribution in [-0.2, 0) is 0 Å². The van der Waals surface area contributed by atoms with Crippen molar-refractivity contribution in [3.8, 4) is 0 Å². The third kappa shape index (κ3) is 6.08. The van der Waals surface area contributed by atoms with Crippen molar-refractivity contribution in [2.75, 3.05) is 0 Å². The zero-order valence-electron chi connectivity index (χ0n) is 8.77. The lowest BCUT2D eigenvalue weighted by Gasteiger charge is -2.08. The van der Waals surface area contributed by atoms with E-state index in [1.165, 1.54) is 51.4 Å². The first-order valence-electron chi connectivity index (χ1n) is 5.79. The van der Waals surface area contributed by atoms with Crippen LogP contribution in [0.1, 0.15) is 57.8 Å². The summed E-state index contributed by atoms with van der Waals surface area (Å²) in [5.74, 6) is 0. The van der Waals surface area contributed by atoms with E-state index in [1.807, 2.05) is 0 Å². The molecule has 1 unspecified atom stereocenters. The molecule has 0 N–H and O–H groups in total. The first-order chi connectivity index (χ1) is 6.79. The van der Waals surface area contributed by atoms with Gasteiger partial charge < -0.3 is 0 Å². The van der Waals surface area contributed by atoms with Gasteiger partial charge in [0, 0.05) is 9.86 Å². The van der Waals surface area contributed by atoms with Crippen LogP contribution in [0.2, 0.25) is 0 Å². The van der Waals surface area contributed by atoms with Gasteiger partial charge in [0.05, 0.1) is 0 Å². The van der Waals surface area contributed by atoms with Crippen LogP contribution in [0.25, 0.3) is 0 Å². The molecular formula is C12H20BrCl. The van der Waals surface area contributed by atoms with E-state index in [0.29, 0.717) is 4.83 Å². The van der Waals surface area contributed by atoms with E-state index in [2.05, 4.69) is 22.0 Å². The van der Waals surface area contributed by atoms with Crippen LogP contribution in [0.5, 0.6) is 0 Å². The molecule has 0 radical (unpaired) electrons. The molecule has 0 aromatic rings. The van der Waals surface area contributed by atoms with Crippen LogP contribution >= 0.6 is 27.5 Å². The van der Waals surface area contributed by atoms with Gasteiger partial charge in [-0.3, -0.25) is 0 Å². The van der Waals surface area contributed by atoms with Crippen LogP contribution in [-0.4, -0.2) is 4.83 Å². The summed E-state index contributed by atoms with van der Waals surface area (Å²) in [7, 11) is 0. The second-order valence-electron chi connectivity index (χ2n) is 4.14. The summed E-state index contributed by atoms with van der Waals surface area (Å²) in [5.41, 5.74) is 0. The average molecular weight is 280 g/mol. The molecule has 1 aliphatic carbocycles. The van der Waals surface area contributed by atoms with Crippen molar-refractivity contribution in [1.82, 2.24) is 0 Å². The molecular weight excluding hydrogens is 259 g/mol. The van der Waals surface area contributed by atoms with Crippen LogP contribution in [0.15, 0.2) is 11.1 Å². The highest BCUT2D eigenvalue weighted by Crippen LogP contribution is 2.22. The number of hydrogen-bond donors (Lipinski definition) is 0. The Hall–Kier alpha value is 0.510. The van der Waals surface area contributed by atoms with Gasteiger partial charge in [0.2, 0.25) is 0 Å². The van der Waals surface area contributed by atoms with E-state index in [1.54, 1.807) is 0 Å². The van der Waals surface area contributed by atoms with Gasteiger partial charge in [-0.2, -0.15) is 0 Å². The van der Waals surface area contributed by atoms with Gasteiger partial charge in [0.25, 0.3) is 0 Å². The molecule has 0 nitrogen and oxygen atoms in total. The lowest BCUT2D eigenvalue weighted by Crippen LogP contribution is -1.95. The summed E-state index contributed by atoms with van der Waals surface area (Å²) in [5, 5.41) is 1.05. The molecule has 1 aliphatic rings. The van der Waals surface area contributed by atoms with Crippen molar-refractivity contribution < 1.29 is 0 Å². The van der Waals surface area contributed by atoms with Crippen molar-refractivity contribution in [1.29, 1.82) is 0 Å². The van der Waals surface area contributed by atoms with Gasteiger partial charge in [-0.15, -0.1) is 0 Å². The fourth-order valence-electron chi connectivity index (χ4n) is 1.88. The summed E-state index contributed by atoms with van der Waals surface area (Å²) in [6.07, 6.45) is 14.0. The zero-order chi connectivity index (χ0) is 10.2. The molecule has 0 fully saturated rings. The Morgan fingerprint density at radius 1 is 1.00 bits per heavy atom. The minimum absolute atomic E-state index is 0.495. The Kier molecular flexibility index (Phi) is 6.97. The zero-order valence-corrected chi connectivity index (χ0v) is 11.1. The van der Waals surface area contributed by atoms with Gasteiger partial charge in [-0.1, -0.05) is 72.1 Å². The SMILES string of the molecule is Cl/C1=C/C(Br)CCCCCCCCC1. The highest BCUT2D eigenvalue weighted by molar-refractivity contribution is 9.09. The van der Waals surface area contributed by atoms with Crippen LogP contribution < -0.4 is 0 Å². The molecule has 1 rings (SSSR count). The van der Waals surface area contributed by atoms with E-state index in [-0.39, 0.29) is 0 Å². The van der Waals surface area contributed by atoms with Gasteiger partial charge in [0.15, 0.2) is 0 Å². The van der Waals surface area contributed by atoms with Crippen molar-refractivity contribution in [3.05, 3.63) is 11.1 Å². The van der Waals surface area contributed by atoms with E-state index >= 15 is 0 Å². The Balaban J connectivity index is 2.36. The van der Waals surface area contributed by atoms with Crippen molar-refractivity contribution in [2.24, 2.45) is 0 Å². The second kappa shape index (κ2) is 7.76. The lowest BCUT2D eigenvalue weighted by atomic mass is 10.0. The topological polar surface area (TPSA) is 0 Å². The molecule has 2 heteroatoms. The molecule has 0 aliphatic heterocycles. The normalized spacial score (nSPS) is 31.0. The summed E-state index contributed by atoms with van der Waals surface area (Å²) >= 11 is 9.80. The summed E-state index contributed by atoms with van der Waals surface area (Å²) < 4.78 is 0. The Morgan fingerprint density at radius 3 is 2.29 bits per heavy atom. The monoisotopic (exact) mass is 278 g/mol. The van der Waals surface area contributed by atoms with Crippen LogP contribution in [0, 0.1) is 0 Å². The van der Waals surface area contributed by atoms with Gasteiger partial charge >= 0.3 is 0 Å². The van der Waals surface area contributed by atoms with E-state index in [0.717, 1.165) is 11.5 Å². The van der Waals surface area contributed by atoms with Gasteiger partial charge in [-0.05, 0) is 19.3 Å². The molecule has 0 saturated heterocycles. The Labute approximate surface area is 101 Å². The molecule has 0 spiro atoms. The first-order valence-corrected chi connectivity index (χ1v) is 7.08. The minimum atomic E-state index is 0.495. The third-order valence-corrected chi connectivity index (χ3v) is 3.79. The minimum Gasteiger partial charge on any atom is -0.0895 e. The standard InChI is InChI=1S/C12H20BrCl/c13-11-8-6-4-2-1-3-5-7-9-12(14)10-11/h10-11H,1-9H2/b12-10+. The Bertz CT molecular complexity index is 177. The van der Waals surface area contributed by atoms with Crippen molar-refractivity contribution in [3.63, 3.8) is 0 Å². The fraction of sp³-hybridized carbons (Fsp3) is 0.833. The van der Waals surface area contributed by atoms with Crippen molar-refractivity contribution in [2.45, 2.75) is 62.6 Å². The average Bonchev–Trinajstić information content (AvgIpc) is 2.13. The summed E-state index contributed by atoms with van der Waals surface area (Å²) in [6, 6.07) is 0. The molecule has 1 atom stereocenters. The molecule has 0 bridgehead atoms. The maximum absolute atomic E-state index is 6.14. The fourth-order valence-corrected chi connectivity index (χ4v) is 2.96. The van der Waals surface area contributed by atoms with Gasteiger partial charge in [0.1, 0.15) is 0 Å². The van der Waals surface area contributed by atoms with Crippen LogP contribution in [0.4, 0.5) is 0 Å². The molecule has 14 heavy (non-hydrogen) atoms. The predicted octanol–water partition coefficient (Wildman–Crippen LogP) is 5.40. The summed E-state index contributed by atoms with van der Waals surface area (Å²) in [4.78, 5) is 0.495. The van der Waals surface area contributed by atoms with Crippen molar-refractivity contribution >= 4 is 27.5 Å². The molecule has 0 heterocycles. The highest BCUT2D eigenvalue weighted by atomic mass is 79.9. The quantitative estimate of drug-likeness (QED) is 0.521. The molecule has 82 valence electrons. The van der Waals surface area contributed by atoms with Crippen LogP contribution in [0.3, 0.4) is 0 Å². The summed E-state index contributed by atoms with van der Waals surface area (Å²) in [6.45, 7) is 0. The molecule has 0 saturated carbocycles. The predicted molar refractivity (Wildman–Crippen MR) is 68.2 cm³/mol. The largest absolute Gasteiger partial charge is 0.0895 e. The number of hydrogen-bond acceptors (Lipinski definition) is 0. The third-order valence-electron chi connectivity index (χ3n) is 2.76. The lowest BCUT2D eigenvalue weighted by molar-refractivity contribution is 0.568. The number of allylic oxidation sites excluding steroid dienone is 2. The number of halogens is 2. The van der Waals surface area contributed by atoms with E-state index < -0.39 is 0 Å². The first kappa shape index (κ1) is 12.6. The smallest absolute Gasteiger partial charge is 0.0339 e. The molecule has 0 amide bonds. The highest BCUT2D eigenvalue weighted by Gasteiger charge is 2.03. The van der Waals surface area contributed by atoms with Gasteiger partial charge in [-0.25, -0.2) is 0 Å².